The van der Waals surface area contributed by atoms with Crippen LogP contribution in [0.4, 0.5) is 14.9 Å². The van der Waals surface area contributed by atoms with E-state index in [4.69, 9.17) is 4.74 Å². The van der Waals surface area contributed by atoms with E-state index in [1.54, 1.807) is 34.8 Å². The van der Waals surface area contributed by atoms with Gasteiger partial charge in [-0.15, -0.1) is 0 Å². The van der Waals surface area contributed by atoms with E-state index in [0.29, 0.717) is 42.6 Å². The normalized spacial score (nSPS) is 14.0. The summed E-state index contributed by atoms with van der Waals surface area (Å²) in [5.41, 5.74) is 1.92. The molecule has 174 valence electrons. The third-order valence-electron chi connectivity index (χ3n) is 5.76. The van der Waals surface area contributed by atoms with Gasteiger partial charge in [-0.05, 0) is 55.3 Å². The van der Waals surface area contributed by atoms with Crippen molar-refractivity contribution in [2.45, 2.75) is 20.3 Å². The van der Waals surface area contributed by atoms with Crippen molar-refractivity contribution in [2.24, 2.45) is 13.0 Å². The largest absolute Gasteiger partial charge is 0.464 e. The fourth-order valence-corrected chi connectivity index (χ4v) is 3.98. The third-order valence-corrected chi connectivity index (χ3v) is 5.76. The number of carbonyl (C=O) groups excluding carboxylic acids is 3. The maximum atomic E-state index is 13.1. The molecule has 4 rings (SSSR count). The minimum atomic E-state index is -0.555. The summed E-state index contributed by atoms with van der Waals surface area (Å²) in [7, 11) is 3.01. The Labute approximate surface area is 191 Å². The Kier molecular flexibility index (Phi) is 7.10. The Morgan fingerprint density at radius 3 is 2.39 bits per heavy atom. The molecule has 2 heterocycles. The summed E-state index contributed by atoms with van der Waals surface area (Å²) in [5, 5.41) is 7.51. The van der Waals surface area contributed by atoms with Crippen molar-refractivity contribution in [3.63, 3.8) is 0 Å². The van der Waals surface area contributed by atoms with Gasteiger partial charge in [0.25, 0.3) is 0 Å². The van der Waals surface area contributed by atoms with Crippen LogP contribution >= 0.6 is 0 Å². The Morgan fingerprint density at radius 1 is 1.09 bits per heavy atom. The molecule has 2 aromatic carbocycles. The van der Waals surface area contributed by atoms with E-state index in [9.17, 15) is 18.8 Å². The molecular formula is C24H27FN4O4. The van der Waals surface area contributed by atoms with Crippen molar-refractivity contribution in [1.82, 2.24) is 14.7 Å². The number of benzene rings is 2. The zero-order valence-electron chi connectivity index (χ0n) is 17.8. The first-order valence-corrected chi connectivity index (χ1v) is 10.3. The smallest absolute Gasteiger partial charge is 0.359 e. The first-order valence-electron chi connectivity index (χ1n) is 10.3. The number of ether oxygens (including phenoxy) is 1. The highest BCUT2D eigenvalue weighted by molar-refractivity contribution is 6.06. The number of anilines is 1. The summed E-state index contributed by atoms with van der Waals surface area (Å²) in [6, 6.07) is 10.5. The lowest BCUT2D eigenvalue weighted by Gasteiger charge is -2.31. The van der Waals surface area contributed by atoms with Gasteiger partial charge in [-0.1, -0.05) is 7.43 Å². The Morgan fingerprint density at radius 2 is 1.76 bits per heavy atom. The molecule has 0 unspecified atom stereocenters. The van der Waals surface area contributed by atoms with Gasteiger partial charge in [0.1, 0.15) is 5.82 Å². The summed E-state index contributed by atoms with van der Waals surface area (Å²) in [6.45, 7) is 0.873. The van der Waals surface area contributed by atoms with E-state index in [-0.39, 0.29) is 36.7 Å². The van der Waals surface area contributed by atoms with Gasteiger partial charge in [0, 0.05) is 42.7 Å². The van der Waals surface area contributed by atoms with Crippen molar-refractivity contribution in [3.05, 3.63) is 59.5 Å². The first kappa shape index (κ1) is 23.9. The van der Waals surface area contributed by atoms with E-state index in [1.807, 2.05) is 0 Å². The molecule has 9 heteroatoms. The van der Waals surface area contributed by atoms with Crippen molar-refractivity contribution >= 4 is 34.4 Å². The number of amides is 2. The molecule has 3 aromatic rings. The monoisotopic (exact) mass is 454 g/mol. The van der Waals surface area contributed by atoms with Gasteiger partial charge in [-0.3, -0.25) is 9.48 Å². The molecule has 1 N–H and O–H groups in total. The van der Waals surface area contributed by atoms with Crippen molar-refractivity contribution in [3.8, 4) is 0 Å². The quantitative estimate of drug-likeness (QED) is 0.470. The predicted molar refractivity (Wildman–Crippen MR) is 123 cm³/mol. The molecule has 0 bridgehead atoms. The number of Topliss-reactive ketones (excluding diaryl/α,β-unsaturated/α-hetero) is 1. The molecule has 8 nitrogen and oxygen atoms in total. The zero-order chi connectivity index (χ0) is 22.8. The van der Waals surface area contributed by atoms with Crippen LogP contribution in [0.5, 0.6) is 0 Å². The van der Waals surface area contributed by atoms with Gasteiger partial charge >= 0.3 is 12.0 Å². The van der Waals surface area contributed by atoms with Crippen LogP contribution in [0.1, 0.15) is 41.1 Å². The summed E-state index contributed by atoms with van der Waals surface area (Å²) >= 11 is 0. The standard InChI is InChI=1S/C23H23FN4O4.CH4/c1-27-19-8-3-15(13-18(19)20(26-27)22(30)32-2)21(29)14-9-11-28(12-10-14)23(31)25-17-6-4-16(24)5-7-17;/h3-8,13-14H,9-12H2,1-2H3,(H,25,31);1H4. The number of likely N-dealkylation sites (tertiary alicyclic amines) is 1. The molecule has 1 aliphatic heterocycles. The molecule has 1 saturated heterocycles. The van der Waals surface area contributed by atoms with Gasteiger partial charge in [0.05, 0.1) is 12.6 Å². The lowest BCUT2D eigenvalue weighted by molar-refractivity contribution is 0.0595. The van der Waals surface area contributed by atoms with Crippen LogP contribution in [-0.2, 0) is 11.8 Å². The molecule has 33 heavy (non-hydrogen) atoms. The van der Waals surface area contributed by atoms with Crippen LogP contribution in [0.2, 0.25) is 0 Å². The zero-order valence-corrected chi connectivity index (χ0v) is 17.8. The topological polar surface area (TPSA) is 93.5 Å². The summed E-state index contributed by atoms with van der Waals surface area (Å²) in [4.78, 5) is 39.2. The maximum Gasteiger partial charge on any atom is 0.359 e. The lowest BCUT2D eigenvalue weighted by atomic mass is 9.88. The minimum absolute atomic E-state index is 0. The maximum absolute atomic E-state index is 13.1. The fourth-order valence-electron chi connectivity index (χ4n) is 3.98. The number of carbonyl (C=O) groups is 3. The first-order chi connectivity index (χ1) is 15.4. The molecule has 0 saturated carbocycles. The van der Waals surface area contributed by atoms with Crippen LogP contribution in [0, 0.1) is 11.7 Å². The number of aromatic nitrogens is 2. The van der Waals surface area contributed by atoms with Crippen LogP contribution in [0.15, 0.2) is 42.5 Å². The molecular weight excluding hydrogens is 427 g/mol. The lowest BCUT2D eigenvalue weighted by Crippen LogP contribution is -2.42. The average molecular weight is 455 g/mol. The second-order valence-electron chi connectivity index (χ2n) is 7.76. The number of nitrogens with zero attached hydrogens (tertiary/aromatic N) is 3. The van der Waals surface area contributed by atoms with Crippen LogP contribution in [0.25, 0.3) is 10.9 Å². The third kappa shape index (κ3) is 4.87. The molecule has 1 fully saturated rings. The summed E-state index contributed by atoms with van der Waals surface area (Å²) in [5.74, 6) is -1.17. The van der Waals surface area contributed by atoms with Gasteiger partial charge < -0.3 is 15.0 Å². The molecule has 1 aromatic heterocycles. The molecule has 0 atom stereocenters. The van der Waals surface area contributed by atoms with Gasteiger partial charge in [0.2, 0.25) is 0 Å². The van der Waals surface area contributed by atoms with Crippen LogP contribution in [0.3, 0.4) is 0 Å². The predicted octanol–water partition coefficient (Wildman–Crippen LogP) is 4.26. The average Bonchev–Trinajstić information content (AvgIpc) is 3.15. The molecule has 0 radical (unpaired) electrons. The summed E-state index contributed by atoms with van der Waals surface area (Å²) in [6.07, 6.45) is 1.06. The van der Waals surface area contributed by atoms with E-state index in [0.717, 1.165) is 5.52 Å². The van der Waals surface area contributed by atoms with E-state index in [1.165, 1.54) is 31.4 Å². The van der Waals surface area contributed by atoms with E-state index < -0.39 is 5.97 Å². The number of piperidine rings is 1. The highest BCUT2D eigenvalue weighted by atomic mass is 19.1. The van der Waals surface area contributed by atoms with Crippen molar-refractivity contribution < 1.29 is 23.5 Å². The highest BCUT2D eigenvalue weighted by Gasteiger charge is 2.29. The van der Waals surface area contributed by atoms with E-state index in [2.05, 4.69) is 10.4 Å². The van der Waals surface area contributed by atoms with Gasteiger partial charge in [-0.25, -0.2) is 14.0 Å². The number of hydrogen-bond donors (Lipinski definition) is 1. The number of urea groups is 1. The number of aryl methyl sites for hydroxylation is 1. The number of fused-ring (bicyclic) bond motifs is 1. The number of halogens is 1. The van der Waals surface area contributed by atoms with E-state index >= 15 is 0 Å². The van der Waals surface area contributed by atoms with Gasteiger partial charge in [-0.2, -0.15) is 5.10 Å². The van der Waals surface area contributed by atoms with Crippen LogP contribution in [-0.4, -0.2) is 52.7 Å². The number of rotatable bonds is 4. The minimum Gasteiger partial charge on any atom is -0.464 e. The number of hydrogen-bond acceptors (Lipinski definition) is 5. The Balaban J connectivity index is 0.00000306. The van der Waals surface area contributed by atoms with Gasteiger partial charge in [0.15, 0.2) is 11.5 Å². The Bertz CT molecular complexity index is 1180. The summed E-state index contributed by atoms with van der Waals surface area (Å²) < 4.78 is 19.4. The number of methoxy groups -OCH3 is 1. The number of nitrogens with one attached hydrogen (secondary N) is 1. The van der Waals surface area contributed by atoms with Crippen molar-refractivity contribution in [2.75, 3.05) is 25.5 Å². The fraction of sp³-hybridized carbons (Fsp3) is 0.333. The molecule has 0 spiro atoms. The second-order valence-corrected chi connectivity index (χ2v) is 7.76. The Hall–Kier alpha value is -3.75. The molecule has 2 amide bonds. The number of esters is 1. The molecule has 1 aliphatic rings. The van der Waals surface area contributed by atoms with Crippen molar-refractivity contribution in [1.29, 1.82) is 0 Å². The number of ketones is 1. The SMILES string of the molecule is C.COC(=O)c1nn(C)c2ccc(C(=O)C3CCN(C(=O)Nc4ccc(F)cc4)CC3)cc12. The van der Waals surface area contributed by atoms with Crippen LogP contribution < -0.4 is 5.32 Å². The second kappa shape index (κ2) is 9.81. The highest BCUT2D eigenvalue weighted by Crippen LogP contribution is 2.26. The molecule has 0 aliphatic carbocycles.